The molecule has 6 nitrogen and oxygen atoms in total. The van der Waals surface area contributed by atoms with Crippen LogP contribution >= 0.6 is 24.0 Å². The fraction of sp³-hybridized carbons (Fsp3) is 0.636. The van der Waals surface area contributed by atoms with Crippen molar-refractivity contribution in [2.24, 2.45) is 17.8 Å². The minimum atomic E-state index is 0. The number of hydrogen-bond acceptors (Lipinski definition) is 3. The molecule has 1 aromatic heterocycles. The molecule has 0 radical (unpaired) electrons. The molecular weight excluding hydrogens is 345 g/mol. The van der Waals surface area contributed by atoms with Gasteiger partial charge in [0.2, 0.25) is 0 Å². The number of aromatic nitrogens is 2. The maximum absolute atomic E-state index is 5.72. The van der Waals surface area contributed by atoms with E-state index in [1.54, 1.807) is 10.9 Å². The number of ether oxygens (including phenoxy) is 1. The van der Waals surface area contributed by atoms with E-state index in [0.717, 1.165) is 31.9 Å². The molecule has 0 spiro atoms. The molecule has 0 aromatic carbocycles. The number of hydrogen-bond donors (Lipinski definition) is 2. The molecule has 1 aromatic rings. The Balaban J connectivity index is 0.00000289. The van der Waals surface area contributed by atoms with Crippen LogP contribution in [-0.4, -0.2) is 35.5 Å². The highest BCUT2D eigenvalue weighted by Gasteiger charge is 1.97. The van der Waals surface area contributed by atoms with Crippen molar-refractivity contribution < 1.29 is 4.74 Å². The van der Waals surface area contributed by atoms with Crippen LogP contribution in [0.3, 0.4) is 0 Å². The smallest absolute Gasteiger partial charge is 0.188 e. The number of nitrogens with one attached hydrogen (secondary N) is 1. The van der Waals surface area contributed by atoms with Crippen LogP contribution in [0.5, 0.6) is 0 Å². The molecule has 0 unspecified atom stereocenters. The van der Waals surface area contributed by atoms with Gasteiger partial charge in [0.05, 0.1) is 12.2 Å². The molecule has 0 fully saturated rings. The number of aryl methyl sites for hydroxylation is 1. The summed E-state index contributed by atoms with van der Waals surface area (Å²) in [6, 6.07) is 1.92. The van der Waals surface area contributed by atoms with Crippen molar-refractivity contribution in [3.8, 4) is 0 Å². The SMILES string of the molecule is CCOCCCNC(N)=NCc1ccnn1C.I. The van der Waals surface area contributed by atoms with Crippen molar-refractivity contribution in [1.29, 1.82) is 0 Å². The first-order valence-corrected chi connectivity index (χ1v) is 5.82. The molecule has 0 saturated carbocycles. The minimum absolute atomic E-state index is 0. The Morgan fingerprint density at radius 1 is 1.61 bits per heavy atom. The van der Waals surface area contributed by atoms with E-state index in [1.165, 1.54) is 0 Å². The number of guanidine groups is 1. The Kier molecular flexibility index (Phi) is 9.66. The average Bonchev–Trinajstić information content (AvgIpc) is 2.72. The van der Waals surface area contributed by atoms with E-state index in [4.69, 9.17) is 10.5 Å². The summed E-state index contributed by atoms with van der Waals surface area (Å²) in [7, 11) is 1.89. The molecule has 3 N–H and O–H groups in total. The van der Waals surface area contributed by atoms with Gasteiger partial charge in [0, 0.05) is 33.0 Å². The molecular formula is C11H22IN5O. The molecule has 0 amide bonds. The summed E-state index contributed by atoms with van der Waals surface area (Å²) in [5.41, 5.74) is 6.76. The molecule has 0 aliphatic heterocycles. The molecule has 1 rings (SSSR count). The Bertz CT molecular complexity index is 353. The standard InChI is InChI=1S/C11H21N5O.HI/c1-3-17-8-4-6-13-11(12)14-9-10-5-7-15-16(10)2;/h5,7H,3-4,6,8-9H2,1-2H3,(H3,12,13,14);1H. The van der Waals surface area contributed by atoms with Gasteiger partial charge < -0.3 is 15.8 Å². The summed E-state index contributed by atoms with van der Waals surface area (Å²) in [5.74, 6) is 0.461. The topological polar surface area (TPSA) is 77.5 Å². The second kappa shape index (κ2) is 10.1. The van der Waals surface area contributed by atoms with Gasteiger partial charge in [-0.15, -0.1) is 24.0 Å². The monoisotopic (exact) mass is 367 g/mol. The summed E-state index contributed by atoms with van der Waals surface area (Å²) in [5, 5.41) is 7.10. The summed E-state index contributed by atoms with van der Waals surface area (Å²) < 4.78 is 7.00. The Morgan fingerprint density at radius 3 is 3.00 bits per heavy atom. The van der Waals surface area contributed by atoms with Gasteiger partial charge >= 0.3 is 0 Å². The summed E-state index contributed by atoms with van der Waals surface area (Å²) in [6.45, 7) is 4.81. The zero-order valence-corrected chi connectivity index (χ0v) is 13.3. The van der Waals surface area contributed by atoms with E-state index in [-0.39, 0.29) is 24.0 Å². The molecule has 0 bridgehead atoms. The summed E-state index contributed by atoms with van der Waals surface area (Å²) in [4.78, 5) is 4.23. The predicted octanol–water partition coefficient (Wildman–Crippen LogP) is 0.869. The quantitative estimate of drug-likeness (QED) is 0.325. The van der Waals surface area contributed by atoms with E-state index in [1.807, 2.05) is 20.0 Å². The number of nitrogens with zero attached hydrogens (tertiary/aromatic N) is 3. The Hall–Kier alpha value is -0.830. The fourth-order valence-corrected chi connectivity index (χ4v) is 1.31. The highest BCUT2D eigenvalue weighted by Crippen LogP contribution is 1.97. The van der Waals surface area contributed by atoms with Gasteiger partial charge in [0.15, 0.2) is 5.96 Å². The minimum Gasteiger partial charge on any atom is -0.382 e. The zero-order valence-electron chi connectivity index (χ0n) is 10.9. The number of rotatable bonds is 7. The van der Waals surface area contributed by atoms with Gasteiger partial charge in [-0.05, 0) is 19.4 Å². The first kappa shape index (κ1) is 17.2. The second-order valence-electron chi connectivity index (χ2n) is 3.62. The van der Waals surface area contributed by atoms with Crippen molar-refractivity contribution in [2.45, 2.75) is 19.9 Å². The third-order valence-corrected chi connectivity index (χ3v) is 2.31. The second-order valence-corrected chi connectivity index (χ2v) is 3.62. The van der Waals surface area contributed by atoms with Crippen LogP contribution in [0.25, 0.3) is 0 Å². The van der Waals surface area contributed by atoms with E-state index in [9.17, 15) is 0 Å². The number of halogens is 1. The van der Waals surface area contributed by atoms with E-state index < -0.39 is 0 Å². The van der Waals surface area contributed by atoms with Crippen LogP contribution in [0.2, 0.25) is 0 Å². The van der Waals surface area contributed by atoms with E-state index in [2.05, 4.69) is 15.4 Å². The maximum Gasteiger partial charge on any atom is 0.188 e. The van der Waals surface area contributed by atoms with Crippen molar-refractivity contribution in [2.75, 3.05) is 19.8 Å². The van der Waals surface area contributed by atoms with Crippen LogP contribution in [0, 0.1) is 0 Å². The van der Waals surface area contributed by atoms with Gasteiger partial charge in [0.25, 0.3) is 0 Å². The average molecular weight is 367 g/mol. The first-order chi connectivity index (χ1) is 8.24. The van der Waals surface area contributed by atoms with Gasteiger partial charge in [-0.1, -0.05) is 0 Å². The Morgan fingerprint density at radius 2 is 2.39 bits per heavy atom. The van der Waals surface area contributed by atoms with Crippen molar-refractivity contribution >= 4 is 29.9 Å². The van der Waals surface area contributed by atoms with Crippen molar-refractivity contribution in [3.05, 3.63) is 18.0 Å². The lowest BCUT2D eigenvalue weighted by Crippen LogP contribution is -2.32. The molecule has 104 valence electrons. The van der Waals surface area contributed by atoms with Crippen LogP contribution in [0.1, 0.15) is 19.0 Å². The largest absolute Gasteiger partial charge is 0.382 e. The van der Waals surface area contributed by atoms with Gasteiger partial charge in [0.1, 0.15) is 0 Å². The highest BCUT2D eigenvalue weighted by molar-refractivity contribution is 14.0. The molecule has 0 atom stereocenters. The van der Waals surface area contributed by atoms with Crippen LogP contribution < -0.4 is 11.1 Å². The molecule has 1 heterocycles. The van der Waals surface area contributed by atoms with Gasteiger partial charge in [-0.25, -0.2) is 4.99 Å². The highest BCUT2D eigenvalue weighted by atomic mass is 127. The fourth-order valence-electron chi connectivity index (χ4n) is 1.31. The summed E-state index contributed by atoms with van der Waals surface area (Å²) in [6.07, 6.45) is 2.67. The molecule has 18 heavy (non-hydrogen) atoms. The van der Waals surface area contributed by atoms with E-state index >= 15 is 0 Å². The van der Waals surface area contributed by atoms with Crippen molar-refractivity contribution in [3.63, 3.8) is 0 Å². The number of nitrogens with two attached hydrogens (primary N) is 1. The van der Waals surface area contributed by atoms with Crippen LogP contribution in [0.4, 0.5) is 0 Å². The van der Waals surface area contributed by atoms with E-state index in [0.29, 0.717) is 12.5 Å². The van der Waals surface area contributed by atoms with Crippen LogP contribution in [-0.2, 0) is 18.3 Å². The third kappa shape index (κ3) is 6.80. The molecule has 0 aliphatic carbocycles. The molecule has 0 aliphatic rings. The van der Waals surface area contributed by atoms with Gasteiger partial charge in [-0.2, -0.15) is 5.10 Å². The lowest BCUT2D eigenvalue weighted by molar-refractivity contribution is 0.145. The van der Waals surface area contributed by atoms with Crippen molar-refractivity contribution in [1.82, 2.24) is 15.1 Å². The maximum atomic E-state index is 5.72. The third-order valence-electron chi connectivity index (χ3n) is 2.31. The van der Waals surface area contributed by atoms with Gasteiger partial charge in [-0.3, -0.25) is 4.68 Å². The Labute approximate surface area is 125 Å². The van der Waals surface area contributed by atoms with Crippen LogP contribution in [0.15, 0.2) is 17.3 Å². The zero-order chi connectivity index (χ0) is 12.5. The lowest BCUT2D eigenvalue weighted by Gasteiger charge is -2.05. The molecule has 0 saturated heterocycles. The predicted molar refractivity (Wildman–Crippen MR) is 83.1 cm³/mol. The summed E-state index contributed by atoms with van der Waals surface area (Å²) >= 11 is 0. The lowest BCUT2D eigenvalue weighted by atomic mass is 10.4. The first-order valence-electron chi connectivity index (χ1n) is 5.82. The normalized spacial score (nSPS) is 11.1. The number of aliphatic imine (C=N–C) groups is 1. The molecule has 7 heteroatoms.